The van der Waals surface area contributed by atoms with Gasteiger partial charge in [0.2, 0.25) is 0 Å². The third-order valence-corrected chi connectivity index (χ3v) is 2.32. The first kappa shape index (κ1) is 11.4. The van der Waals surface area contributed by atoms with Crippen LogP contribution in [0.25, 0.3) is 11.1 Å². The first-order chi connectivity index (χ1) is 8.40. The van der Waals surface area contributed by atoms with Gasteiger partial charge in [0.05, 0.1) is 6.61 Å². The van der Waals surface area contributed by atoms with E-state index in [9.17, 15) is 0 Å². The highest BCUT2D eigenvalue weighted by molar-refractivity contribution is 5.62. The van der Waals surface area contributed by atoms with Gasteiger partial charge < -0.3 is 5.11 Å². The van der Waals surface area contributed by atoms with Crippen molar-refractivity contribution < 1.29 is 5.11 Å². The minimum Gasteiger partial charge on any atom is -0.395 e. The van der Waals surface area contributed by atoms with E-state index >= 15 is 0 Å². The predicted octanol–water partition coefficient (Wildman–Crippen LogP) is 2.48. The highest BCUT2D eigenvalue weighted by Gasteiger charge is 1.96. The number of benzene rings is 1. The van der Waals surface area contributed by atoms with Crippen LogP contribution in [0.5, 0.6) is 0 Å². The zero-order valence-electron chi connectivity index (χ0n) is 9.43. The number of hydrogen-bond acceptors (Lipinski definition) is 2. The van der Waals surface area contributed by atoms with Crippen molar-refractivity contribution in [2.75, 3.05) is 6.61 Å². The van der Waals surface area contributed by atoms with Gasteiger partial charge in [-0.2, -0.15) is 0 Å². The summed E-state index contributed by atoms with van der Waals surface area (Å²) in [5, 5.41) is 8.61. The van der Waals surface area contributed by atoms with E-state index in [2.05, 4.69) is 16.8 Å². The molecule has 0 saturated carbocycles. The lowest BCUT2D eigenvalue weighted by Crippen LogP contribution is -1.84. The minimum atomic E-state index is 0.0924. The monoisotopic (exact) mass is 223 g/mol. The summed E-state index contributed by atoms with van der Waals surface area (Å²) in [4.78, 5) is 4.27. The molecule has 1 aromatic carbocycles. The summed E-state index contributed by atoms with van der Waals surface area (Å²) in [6.07, 6.45) is 2.31. The number of hydrogen-bond donors (Lipinski definition) is 1. The van der Waals surface area contributed by atoms with Gasteiger partial charge in [0.1, 0.15) is 5.69 Å². The van der Waals surface area contributed by atoms with E-state index in [4.69, 9.17) is 5.11 Å². The van der Waals surface area contributed by atoms with Crippen molar-refractivity contribution in [2.45, 2.75) is 6.42 Å². The zero-order chi connectivity index (χ0) is 11.9. The molecule has 0 atom stereocenters. The van der Waals surface area contributed by atoms with Crippen LogP contribution in [0.1, 0.15) is 12.1 Å². The van der Waals surface area contributed by atoms with Crippen molar-refractivity contribution >= 4 is 0 Å². The summed E-state index contributed by atoms with van der Waals surface area (Å²) < 4.78 is 0. The normalized spacial score (nSPS) is 9.47. The van der Waals surface area contributed by atoms with Crippen LogP contribution in [0, 0.1) is 11.8 Å². The van der Waals surface area contributed by atoms with Gasteiger partial charge >= 0.3 is 0 Å². The maximum atomic E-state index is 8.61. The summed E-state index contributed by atoms with van der Waals surface area (Å²) in [5.41, 5.74) is 2.96. The third kappa shape index (κ3) is 3.17. The molecule has 0 aliphatic heterocycles. The molecule has 84 valence electrons. The van der Waals surface area contributed by atoms with Gasteiger partial charge in [-0.3, -0.25) is 0 Å². The first-order valence-electron chi connectivity index (χ1n) is 5.51. The Morgan fingerprint density at radius 1 is 1.00 bits per heavy atom. The maximum Gasteiger partial charge on any atom is 0.113 e. The van der Waals surface area contributed by atoms with E-state index in [1.165, 1.54) is 0 Å². The van der Waals surface area contributed by atoms with Crippen molar-refractivity contribution in [1.82, 2.24) is 4.98 Å². The van der Waals surface area contributed by atoms with Crippen LogP contribution < -0.4 is 0 Å². The van der Waals surface area contributed by atoms with E-state index in [-0.39, 0.29) is 6.61 Å². The Morgan fingerprint density at radius 2 is 1.82 bits per heavy atom. The van der Waals surface area contributed by atoms with Gasteiger partial charge in [-0.15, -0.1) is 0 Å². The first-order valence-corrected chi connectivity index (χ1v) is 5.51. The van der Waals surface area contributed by atoms with Crippen LogP contribution in [0.3, 0.4) is 0 Å². The lowest BCUT2D eigenvalue weighted by Gasteiger charge is -1.99. The zero-order valence-corrected chi connectivity index (χ0v) is 9.43. The molecule has 0 bridgehead atoms. The Morgan fingerprint density at radius 3 is 2.47 bits per heavy atom. The van der Waals surface area contributed by atoms with Crippen molar-refractivity contribution in [3.05, 3.63) is 54.4 Å². The van der Waals surface area contributed by atoms with Crippen LogP contribution >= 0.6 is 0 Å². The topological polar surface area (TPSA) is 33.1 Å². The summed E-state index contributed by atoms with van der Waals surface area (Å²) in [6.45, 7) is 0.0924. The molecule has 0 saturated heterocycles. The molecule has 2 nitrogen and oxygen atoms in total. The van der Waals surface area contributed by atoms with Gasteiger partial charge in [-0.25, -0.2) is 4.98 Å². The molecule has 0 aliphatic carbocycles. The SMILES string of the molecule is OCCC#Cc1ccc(-c2ccccc2)cn1. The second-order valence-electron chi connectivity index (χ2n) is 3.57. The Labute approximate surface area is 101 Å². The van der Waals surface area contributed by atoms with Gasteiger partial charge in [0.15, 0.2) is 0 Å². The summed E-state index contributed by atoms with van der Waals surface area (Å²) in [7, 11) is 0. The molecule has 0 fully saturated rings. The van der Waals surface area contributed by atoms with Gasteiger partial charge in [0, 0.05) is 18.2 Å². The molecule has 2 heteroatoms. The predicted molar refractivity (Wildman–Crippen MR) is 68.3 cm³/mol. The van der Waals surface area contributed by atoms with Gasteiger partial charge in [-0.1, -0.05) is 42.3 Å². The summed E-state index contributed by atoms with van der Waals surface area (Å²) in [6, 6.07) is 14.0. The molecule has 0 spiro atoms. The van der Waals surface area contributed by atoms with E-state index in [1.54, 1.807) is 0 Å². The van der Waals surface area contributed by atoms with Crippen molar-refractivity contribution in [1.29, 1.82) is 0 Å². The second kappa shape index (κ2) is 5.83. The molecule has 1 heterocycles. The fourth-order valence-electron chi connectivity index (χ4n) is 1.48. The fourth-order valence-corrected chi connectivity index (χ4v) is 1.48. The van der Waals surface area contributed by atoms with Crippen LogP contribution in [0.2, 0.25) is 0 Å². The second-order valence-corrected chi connectivity index (χ2v) is 3.57. The summed E-state index contributed by atoms with van der Waals surface area (Å²) in [5.74, 6) is 5.75. The highest BCUT2D eigenvalue weighted by Crippen LogP contribution is 2.17. The Balaban J connectivity index is 2.17. The van der Waals surface area contributed by atoms with Gasteiger partial charge in [-0.05, 0) is 17.6 Å². The van der Waals surface area contributed by atoms with E-state index in [1.807, 2.05) is 48.7 Å². The largest absolute Gasteiger partial charge is 0.395 e. The van der Waals surface area contributed by atoms with E-state index in [0.29, 0.717) is 6.42 Å². The van der Waals surface area contributed by atoms with Crippen LogP contribution in [-0.4, -0.2) is 16.7 Å². The number of aliphatic hydroxyl groups excluding tert-OH is 1. The van der Waals surface area contributed by atoms with E-state index in [0.717, 1.165) is 16.8 Å². The molecular weight excluding hydrogens is 210 g/mol. The Hall–Kier alpha value is -2.11. The smallest absolute Gasteiger partial charge is 0.113 e. The lowest BCUT2D eigenvalue weighted by molar-refractivity contribution is 0.305. The molecule has 2 aromatic rings. The molecule has 0 radical (unpaired) electrons. The van der Waals surface area contributed by atoms with Crippen molar-refractivity contribution in [2.24, 2.45) is 0 Å². The number of pyridine rings is 1. The Bertz CT molecular complexity index is 520. The number of aliphatic hydroxyl groups is 1. The minimum absolute atomic E-state index is 0.0924. The molecule has 1 aromatic heterocycles. The molecule has 0 aliphatic rings. The fraction of sp³-hybridized carbons (Fsp3) is 0.133. The maximum absolute atomic E-state index is 8.61. The summed E-state index contributed by atoms with van der Waals surface area (Å²) >= 11 is 0. The molecule has 0 unspecified atom stereocenters. The van der Waals surface area contributed by atoms with Crippen LogP contribution in [0.15, 0.2) is 48.7 Å². The van der Waals surface area contributed by atoms with Crippen LogP contribution in [-0.2, 0) is 0 Å². The third-order valence-electron chi connectivity index (χ3n) is 2.32. The van der Waals surface area contributed by atoms with Crippen molar-refractivity contribution in [3.63, 3.8) is 0 Å². The highest BCUT2D eigenvalue weighted by atomic mass is 16.2. The number of rotatable bonds is 2. The van der Waals surface area contributed by atoms with Crippen LogP contribution in [0.4, 0.5) is 0 Å². The molecule has 0 amide bonds. The lowest BCUT2D eigenvalue weighted by atomic mass is 10.1. The standard InChI is InChI=1S/C15H13NO/c17-11-5-4-8-15-10-9-14(12-16-15)13-6-2-1-3-7-13/h1-3,6-7,9-10,12,17H,5,11H2. The number of nitrogens with zero attached hydrogens (tertiary/aromatic N) is 1. The molecular formula is C15H13NO. The molecule has 1 N–H and O–H groups in total. The van der Waals surface area contributed by atoms with Crippen molar-refractivity contribution in [3.8, 4) is 23.0 Å². The molecule has 17 heavy (non-hydrogen) atoms. The number of aromatic nitrogens is 1. The Kier molecular flexibility index (Phi) is 3.90. The van der Waals surface area contributed by atoms with Gasteiger partial charge in [0.25, 0.3) is 0 Å². The molecule has 2 rings (SSSR count). The average molecular weight is 223 g/mol. The average Bonchev–Trinajstić information content (AvgIpc) is 2.41. The quantitative estimate of drug-likeness (QED) is 0.793. The van der Waals surface area contributed by atoms with E-state index < -0.39 is 0 Å².